The number of nitro groups is 2. The smallest absolute Gasteiger partial charge is 0.368 e. The van der Waals surface area contributed by atoms with Crippen molar-refractivity contribution in [3.8, 4) is 0 Å². The molecule has 0 saturated carbocycles. The molecule has 0 atom stereocenters. The van der Waals surface area contributed by atoms with E-state index in [1.165, 1.54) is 12.1 Å². The third kappa shape index (κ3) is 2.90. The first-order chi connectivity index (χ1) is 7.04. The summed E-state index contributed by atoms with van der Waals surface area (Å²) in [6.07, 6.45) is 0. The van der Waals surface area contributed by atoms with Crippen LogP contribution >= 0.6 is 0 Å². The standard InChI is InChI=1S/C6H5N3O4.C2H6/c7-4-2-1-3-5(8(10)11)6(4)9(12)13;1-2/h1-3H,7H2;1-2H3. The Hall–Kier alpha value is -2.18. The minimum Gasteiger partial charge on any atom is -0.393 e. The van der Waals surface area contributed by atoms with Crippen LogP contribution in [0.5, 0.6) is 0 Å². The molecule has 0 aliphatic rings. The molecule has 82 valence electrons. The van der Waals surface area contributed by atoms with E-state index in [9.17, 15) is 20.2 Å². The van der Waals surface area contributed by atoms with Gasteiger partial charge in [-0.1, -0.05) is 19.9 Å². The molecular weight excluding hydrogens is 202 g/mol. The zero-order valence-electron chi connectivity index (χ0n) is 8.34. The Kier molecular flexibility index (Phi) is 4.73. The zero-order chi connectivity index (χ0) is 12.0. The van der Waals surface area contributed by atoms with Crippen LogP contribution in [0.25, 0.3) is 0 Å². The summed E-state index contributed by atoms with van der Waals surface area (Å²) in [7, 11) is 0. The lowest BCUT2D eigenvalue weighted by Crippen LogP contribution is -2.00. The zero-order valence-corrected chi connectivity index (χ0v) is 8.34. The normalized spacial score (nSPS) is 8.67. The fourth-order valence-electron chi connectivity index (χ4n) is 0.895. The molecule has 15 heavy (non-hydrogen) atoms. The Morgan fingerprint density at radius 1 is 1.13 bits per heavy atom. The Morgan fingerprint density at radius 3 is 2.00 bits per heavy atom. The van der Waals surface area contributed by atoms with Crippen LogP contribution < -0.4 is 5.73 Å². The molecule has 0 saturated heterocycles. The lowest BCUT2D eigenvalue weighted by atomic mass is 10.2. The maximum Gasteiger partial charge on any atom is 0.368 e. The molecule has 0 aliphatic carbocycles. The van der Waals surface area contributed by atoms with E-state index in [1.54, 1.807) is 0 Å². The lowest BCUT2D eigenvalue weighted by molar-refractivity contribution is -0.421. The van der Waals surface area contributed by atoms with Crippen LogP contribution in [0.4, 0.5) is 17.1 Å². The number of nitrogens with two attached hydrogens (primary N) is 1. The van der Waals surface area contributed by atoms with Gasteiger partial charge in [-0.25, -0.2) is 0 Å². The number of para-hydroxylation sites is 1. The molecule has 7 heteroatoms. The van der Waals surface area contributed by atoms with E-state index in [-0.39, 0.29) is 5.69 Å². The summed E-state index contributed by atoms with van der Waals surface area (Å²) in [5, 5.41) is 20.7. The van der Waals surface area contributed by atoms with Gasteiger partial charge >= 0.3 is 11.4 Å². The van der Waals surface area contributed by atoms with Crippen molar-refractivity contribution >= 4 is 17.1 Å². The van der Waals surface area contributed by atoms with Gasteiger partial charge in [-0.2, -0.15) is 0 Å². The van der Waals surface area contributed by atoms with Crippen molar-refractivity contribution < 1.29 is 9.85 Å². The molecule has 0 heterocycles. The van der Waals surface area contributed by atoms with Gasteiger partial charge in [0.15, 0.2) is 0 Å². The number of hydrogen-bond donors (Lipinski definition) is 1. The van der Waals surface area contributed by atoms with Gasteiger partial charge in [0, 0.05) is 6.07 Å². The fraction of sp³-hybridized carbons (Fsp3) is 0.250. The summed E-state index contributed by atoms with van der Waals surface area (Å²) in [5.41, 5.74) is 3.75. The quantitative estimate of drug-likeness (QED) is 0.459. The second kappa shape index (κ2) is 5.53. The first-order valence-corrected chi connectivity index (χ1v) is 4.21. The summed E-state index contributed by atoms with van der Waals surface area (Å²) < 4.78 is 0. The fourth-order valence-corrected chi connectivity index (χ4v) is 0.895. The molecule has 7 nitrogen and oxygen atoms in total. The van der Waals surface area contributed by atoms with E-state index >= 15 is 0 Å². The number of nitrogens with zero attached hydrogens (tertiary/aromatic N) is 2. The second-order valence-corrected chi connectivity index (χ2v) is 2.23. The van der Waals surface area contributed by atoms with Crippen LogP contribution in [0.3, 0.4) is 0 Å². The summed E-state index contributed by atoms with van der Waals surface area (Å²) in [5.74, 6) is 0. The van der Waals surface area contributed by atoms with Gasteiger partial charge in [0.1, 0.15) is 5.69 Å². The Bertz CT molecular complexity index is 378. The largest absolute Gasteiger partial charge is 0.393 e. The first kappa shape index (κ1) is 12.8. The number of hydrogen-bond acceptors (Lipinski definition) is 5. The Balaban J connectivity index is 0.000000921. The van der Waals surface area contributed by atoms with Crippen LogP contribution in [0.15, 0.2) is 18.2 Å². The number of benzene rings is 1. The highest BCUT2D eigenvalue weighted by atomic mass is 16.6. The SMILES string of the molecule is CC.Nc1cccc([N+](=O)[O-])c1[N+](=O)[O-]. The molecule has 0 aliphatic heterocycles. The predicted octanol–water partition coefficient (Wildman–Crippen LogP) is 2.11. The first-order valence-electron chi connectivity index (χ1n) is 4.21. The highest BCUT2D eigenvalue weighted by Crippen LogP contribution is 2.31. The monoisotopic (exact) mass is 213 g/mol. The van der Waals surface area contributed by atoms with Crippen LogP contribution in [-0.4, -0.2) is 9.85 Å². The van der Waals surface area contributed by atoms with Gasteiger partial charge in [0.25, 0.3) is 0 Å². The van der Waals surface area contributed by atoms with Crippen molar-refractivity contribution in [3.05, 3.63) is 38.4 Å². The van der Waals surface area contributed by atoms with Crippen molar-refractivity contribution in [1.82, 2.24) is 0 Å². The van der Waals surface area contributed by atoms with Crippen molar-refractivity contribution in [3.63, 3.8) is 0 Å². The maximum atomic E-state index is 10.4. The topological polar surface area (TPSA) is 112 Å². The summed E-state index contributed by atoms with van der Waals surface area (Å²) in [6, 6.07) is 3.57. The highest BCUT2D eigenvalue weighted by molar-refractivity contribution is 5.68. The molecule has 0 bridgehead atoms. The molecule has 1 aromatic rings. The van der Waals surface area contributed by atoms with E-state index in [1.807, 2.05) is 13.8 Å². The second-order valence-electron chi connectivity index (χ2n) is 2.23. The van der Waals surface area contributed by atoms with Crippen molar-refractivity contribution in [2.75, 3.05) is 5.73 Å². The van der Waals surface area contributed by atoms with Crippen LogP contribution in [0.1, 0.15) is 13.8 Å². The van der Waals surface area contributed by atoms with Crippen LogP contribution in [-0.2, 0) is 0 Å². The average molecular weight is 213 g/mol. The number of nitrogen functional groups attached to an aromatic ring is 1. The van der Waals surface area contributed by atoms with E-state index in [2.05, 4.69) is 0 Å². The van der Waals surface area contributed by atoms with Gasteiger partial charge in [0.2, 0.25) is 0 Å². The maximum absolute atomic E-state index is 10.4. The minimum absolute atomic E-state index is 0.209. The Labute approximate surface area is 85.8 Å². The number of anilines is 1. The predicted molar refractivity (Wildman–Crippen MR) is 55.5 cm³/mol. The molecular formula is C8H11N3O4. The molecule has 1 rings (SSSR count). The average Bonchev–Trinajstić information content (AvgIpc) is 2.19. The molecule has 0 aromatic heterocycles. The van der Waals surface area contributed by atoms with E-state index in [0.29, 0.717) is 0 Å². The third-order valence-corrected chi connectivity index (χ3v) is 1.43. The van der Waals surface area contributed by atoms with Crippen LogP contribution in [0, 0.1) is 20.2 Å². The van der Waals surface area contributed by atoms with Gasteiger partial charge in [-0.15, -0.1) is 0 Å². The van der Waals surface area contributed by atoms with Gasteiger partial charge < -0.3 is 5.73 Å². The minimum atomic E-state index is -0.868. The van der Waals surface area contributed by atoms with Crippen molar-refractivity contribution in [1.29, 1.82) is 0 Å². The third-order valence-electron chi connectivity index (χ3n) is 1.43. The lowest BCUT2D eigenvalue weighted by Gasteiger charge is -1.96. The molecule has 0 radical (unpaired) electrons. The van der Waals surface area contributed by atoms with E-state index < -0.39 is 21.2 Å². The molecule has 0 spiro atoms. The van der Waals surface area contributed by atoms with Crippen molar-refractivity contribution in [2.45, 2.75) is 13.8 Å². The van der Waals surface area contributed by atoms with Crippen molar-refractivity contribution in [2.24, 2.45) is 0 Å². The number of rotatable bonds is 2. The molecule has 2 N–H and O–H groups in total. The number of nitro benzene ring substituents is 2. The Morgan fingerprint density at radius 2 is 1.67 bits per heavy atom. The van der Waals surface area contributed by atoms with Gasteiger partial charge in [-0.05, 0) is 6.07 Å². The molecule has 1 aromatic carbocycles. The molecule has 0 unspecified atom stereocenters. The van der Waals surface area contributed by atoms with E-state index in [0.717, 1.165) is 6.07 Å². The van der Waals surface area contributed by atoms with Gasteiger partial charge in [0.05, 0.1) is 9.85 Å². The summed E-state index contributed by atoms with van der Waals surface area (Å²) in [6.45, 7) is 4.00. The highest BCUT2D eigenvalue weighted by Gasteiger charge is 2.26. The summed E-state index contributed by atoms with van der Waals surface area (Å²) >= 11 is 0. The van der Waals surface area contributed by atoms with E-state index in [4.69, 9.17) is 5.73 Å². The van der Waals surface area contributed by atoms with Crippen LogP contribution in [0.2, 0.25) is 0 Å². The van der Waals surface area contributed by atoms with Gasteiger partial charge in [-0.3, -0.25) is 20.2 Å². The molecule has 0 amide bonds. The molecule has 0 fully saturated rings. The summed E-state index contributed by atoms with van der Waals surface area (Å²) in [4.78, 5) is 19.0.